The fourth-order valence-electron chi connectivity index (χ4n) is 1.56. The van der Waals surface area contributed by atoms with E-state index in [-0.39, 0.29) is 17.2 Å². The number of rotatable bonds is 6. The maximum absolute atomic E-state index is 11.7. The highest BCUT2D eigenvalue weighted by molar-refractivity contribution is 9.10. The largest absolute Gasteiger partial charge is 0.507 e. The lowest BCUT2D eigenvalue weighted by Gasteiger charge is -2.07. The Labute approximate surface area is 114 Å². The predicted octanol–water partition coefficient (Wildman–Crippen LogP) is 2.31. The van der Waals surface area contributed by atoms with Gasteiger partial charge in [0.15, 0.2) is 0 Å². The van der Waals surface area contributed by atoms with Crippen LogP contribution in [0, 0.1) is 5.92 Å². The van der Waals surface area contributed by atoms with Gasteiger partial charge in [-0.2, -0.15) is 0 Å². The zero-order chi connectivity index (χ0) is 13.0. The molecule has 98 valence electrons. The van der Waals surface area contributed by atoms with Crippen molar-refractivity contribution in [3.8, 4) is 5.75 Å². The first kappa shape index (κ1) is 13.4. The van der Waals surface area contributed by atoms with Crippen LogP contribution in [-0.4, -0.2) is 30.8 Å². The van der Waals surface area contributed by atoms with Crippen molar-refractivity contribution in [1.29, 1.82) is 0 Å². The van der Waals surface area contributed by atoms with Crippen molar-refractivity contribution in [1.82, 2.24) is 5.32 Å². The van der Waals surface area contributed by atoms with E-state index in [1.54, 1.807) is 12.1 Å². The molecule has 18 heavy (non-hydrogen) atoms. The molecule has 1 aromatic carbocycles. The first-order valence-corrected chi connectivity index (χ1v) is 6.80. The molecule has 4 nitrogen and oxygen atoms in total. The van der Waals surface area contributed by atoms with Gasteiger partial charge in [0.25, 0.3) is 5.91 Å². The molecule has 1 saturated carbocycles. The lowest BCUT2D eigenvalue weighted by Crippen LogP contribution is -2.27. The number of carbonyl (C=O) groups excluding carboxylic acids is 1. The molecule has 2 rings (SSSR count). The van der Waals surface area contributed by atoms with Gasteiger partial charge in [0.05, 0.1) is 12.2 Å². The Morgan fingerprint density at radius 1 is 1.50 bits per heavy atom. The van der Waals surface area contributed by atoms with E-state index in [0.717, 1.165) is 17.0 Å². The average molecular weight is 314 g/mol. The molecule has 1 aromatic rings. The summed E-state index contributed by atoms with van der Waals surface area (Å²) in [4.78, 5) is 11.7. The van der Waals surface area contributed by atoms with Crippen LogP contribution in [0.3, 0.4) is 0 Å². The molecule has 0 aromatic heterocycles. The first-order valence-electron chi connectivity index (χ1n) is 6.01. The summed E-state index contributed by atoms with van der Waals surface area (Å²) < 4.78 is 6.15. The van der Waals surface area contributed by atoms with Gasteiger partial charge in [0, 0.05) is 17.6 Å². The van der Waals surface area contributed by atoms with Crippen LogP contribution in [0.15, 0.2) is 22.7 Å². The molecule has 0 heterocycles. The number of carbonyl (C=O) groups is 1. The van der Waals surface area contributed by atoms with Crippen LogP contribution >= 0.6 is 15.9 Å². The molecule has 1 fully saturated rings. The zero-order valence-corrected chi connectivity index (χ0v) is 11.6. The summed E-state index contributed by atoms with van der Waals surface area (Å²) in [5.74, 6) is 0.423. The minimum Gasteiger partial charge on any atom is -0.507 e. The highest BCUT2D eigenvalue weighted by Crippen LogP contribution is 2.28. The van der Waals surface area contributed by atoms with Gasteiger partial charge in [0.2, 0.25) is 0 Å². The number of amides is 1. The molecule has 1 aliphatic carbocycles. The Hall–Kier alpha value is -1.07. The Balaban J connectivity index is 1.72. The van der Waals surface area contributed by atoms with Crippen LogP contribution < -0.4 is 5.32 Å². The summed E-state index contributed by atoms with van der Waals surface area (Å²) in [5, 5.41) is 12.3. The average Bonchev–Trinajstić information content (AvgIpc) is 3.12. The van der Waals surface area contributed by atoms with Gasteiger partial charge >= 0.3 is 0 Å². The molecule has 0 saturated heterocycles. The van der Waals surface area contributed by atoms with Gasteiger partial charge in [0.1, 0.15) is 5.75 Å². The first-order chi connectivity index (χ1) is 8.66. The normalized spacial score (nSPS) is 14.5. The molecule has 1 aliphatic rings. The summed E-state index contributed by atoms with van der Waals surface area (Å²) in [7, 11) is 0. The summed E-state index contributed by atoms with van der Waals surface area (Å²) in [5.41, 5.74) is 0.278. The van der Waals surface area contributed by atoms with Gasteiger partial charge < -0.3 is 15.2 Å². The smallest absolute Gasteiger partial charge is 0.255 e. The SMILES string of the molecule is O=C(NCCOCC1CC1)c1ccc(Br)cc1O. The number of ether oxygens (including phenoxy) is 1. The molecular weight excluding hydrogens is 298 g/mol. The van der Waals surface area contributed by atoms with E-state index in [1.165, 1.54) is 18.9 Å². The van der Waals surface area contributed by atoms with E-state index in [2.05, 4.69) is 21.2 Å². The molecule has 0 aliphatic heterocycles. The molecule has 0 atom stereocenters. The van der Waals surface area contributed by atoms with Gasteiger partial charge in [-0.1, -0.05) is 15.9 Å². The second-order valence-corrected chi connectivity index (χ2v) is 5.35. The zero-order valence-electron chi connectivity index (χ0n) is 9.99. The van der Waals surface area contributed by atoms with Gasteiger partial charge in [-0.05, 0) is 37.0 Å². The number of hydrogen-bond acceptors (Lipinski definition) is 3. The summed E-state index contributed by atoms with van der Waals surface area (Å²) in [6, 6.07) is 4.80. The van der Waals surface area contributed by atoms with Crippen LogP contribution in [0.1, 0.15) is 23.2 Å². The fraction of sp³-hybridized carbons (Fsp3) is 0.462. The van der Waals surface area contributed by atoms with E-state index in [0.29, 0.717) is 13.2 Å². The van der Waals surface area contributed by atoms with Crippen molar-refractivity contribution in [3.63, 3.8) is 0 Å². The number of halogens is 1. The van der Waals surface area contributed by atoms with Crippen molar-refractivity contribution in [2.45, 2.75) is 12.8 Å². The molecule has 2 N–H and O–H groups in total. The van der Waals surface area contributed by atoms with Crippen LogP contribution in [0.4, 0.5) is 0 Å². The highest BCUT2D eigenvalue weighted by atomic mass is 79.9. The van der Waals surface area contributed by atoms with E-state index in [4.69, 9.17) is 4.74 Å². The maximum Gasteiger partial charge on any atom is 0.255 e. The third-order valence-electron chi connectivity index (χ3n) is 2.79. The Morgan fingerprint density at radius 3 is 2.94 bits per heavy atom. The molecule has 0 unspecified atom stereocenters. The molecule has 1 amide bonds. The lowest BCUT2D eigenvalue weighted by atomic mass is 10.2. The molecular formula is C13H16BrNO3. The van der Waals surface area contributed by atoms with Crippen LogP contribution in [0.2, 0.25) is 0 Å². The van der Waals surface area contributed by atoms with Gasteiger partial charge in [-0.15, -0.1) is 0 Å². The maximum atomic E-state index is 11.7. The minimum absolute atomic E-state index is 0.0271. The Kier molecular flexibility index (Phi) is 4.60. The highest BCUT2D eigenvalue weighted by Gasteiger charge is 2.20. The second kappa shape index (κ2) is 6.20. The lowest BCUT2D eigenvalue weighted by molar-refractivity contribution is 0.0904. The minimum atomic E-state index is -0.282. The Morgan fingerprint density at radius 2 is 2.28 bits per heavy atom. The number of benzene rings is 1. The number of phenols is 1. The molecule has 0 spiro atoms. The number of hydrogen-bond donors (Lipinski definition) is 2. The fourth-order valence-corrected chi connectivity index (χ4v) is 1.91. The molecule has 0 bridgehead atoms. The molecule has 0 radical (unpaired) electrons. The van der Waals surface area contributed by atoms with Crippen LogP contribution in [-0.2, 0) is 4.74 Å². The van der Waals surface area contributed by atoms with Crippen molar-refractivity contribution >= 4 is 21.8 Å². The standard InChI is InChI=1S/C13H16BrNO3/c14-10-3-4-11(12(16)7-10)13(17)15-5-6-18-8-9-1-2-9/h3-4,7,9,16H,1-2,5-6,8H2,(H,15,17). The van der Waals surface area contributed by atoms with E-state index in [1.807, 2.05) is 0 Å². The summed E-state index contributed by atoms with van der Waals surface area (Å²) in [6.07, 6.45) is 2.53. The second-order valence-electron chi connectivity index (χ2n) is 4.44. The third kappa shape index (κ3) is 3.99. The number of aromatic hydroxyl groups is 1. The van der Waals surface area contributed by atoms with Crippen molar-refractivity contribution in [3.05, 3.63) is 28.2 Å². The predicted molar refractivity (Wildman–Crippen MR) is 71.7 cm³/mol. The van der Waals surface area contributed by atoms with Crippen molar-refractivity contribution in [2.75, 3.05) is 19.8 Å². The number of nitrogens with one attached hydrogen (secondary N) is 1. The van der Waals surface area contributed by atoms with Gasteiger partial charge in [-0.3, -0.25) is 4.79 Å². The monoisotopic (exact) mass is 313 g/mol. The quantitative estimate of drug-likeness (QED) is 0.792. The van der Waals surface area contributed by atoms with E-state index >= 15 is 0 Å². The Bertz CT molecular complexity index is 432. The topological polar surface area (TPSA) is 58.6 Å². The molecule has 5 heteroatoms. The van der Waals surface area contributed by atoms with E-state index in [9.17, 15) is 9.90 Å². The van der Waals surface area contributed by atoms with Gasteiger partial charge in [-0.25, -0.2) is 0 Å². The summed E-state index contributed by atoms with van der Waals surface area (Å²) >= 11 is 3.23. The van der Waals surface area contributed by atoms with Crippen molar-refractivity contribution < 1.29 is 14.6 Å². The van der Waals surface area contributed by atoms with Crippen LogP contribution in [0.25, 0.3) is 0 Å². The summed E-state index contributed by atoms with van der Waals surface area (Å²) in [6.45, 7) is 1.76. The van der Waals surface area contributed by atoms with E-state index < -0.39 is 0 Å². The van der Waals surface area contributed by atoms with Crippen LogP contribution in [0.5, 0.6) is 5.75 Å². The third-order valence-corrected chi connectivity index (χ3v) is 3.28. The van der Waals surface area contributed by atoms with Crippen molar-refractivity contribution in [2.24, 2.45) is 5.92 Å². The number of phenolic OH excluding ortho intramolecular Hbond substituents is 1.